The summed E-state index contributed by atoms with van der Waals surface area (Å²) in [5.41, 5.74) is -0.531. The second kappa shape index (κ2) is 5.64. The Hall–Kier alpha value is -0.610. The second-order valence-corrected chi connectivity index (χ2v) is 4.92. The fourth-order valence-electron chi connectivity index (χ4n) is 2.18. The zero-order valence-electron chi connectivity index (χ0n) is 10.7. The van der Waals surface area contributed by atoms with E-state index >= 15 is 0 Å². The first-order chi connectivity index (χ1) is 7.54. The van der Waals surface area contributed by atoms with Crippen molar-refractivity contribution in [3.63, 3.8) is 0 Å². The summed E-state index contributed by atoms with van der Waals surface area (Å²) in [5.74, 6) is 0.355. The van der Waals surface area contributed by atoms with Crippen LogP contribution in [0, 0.1) is 5.92 Å². The molecule has 0 aromatic heterocycles. The molecule has 1 rings (SSSR count). The van der Waals surface area contributed by atoms with E-state index in [0.29, 0.717) is 12.3 Å². The van der Waals surface area contributed by atoms with Gasteiger partial charge in [0.05, 0.1) is 13.2 Å². The van der Waals surface area contributed by atoms with Crippen molar-refractivity contribution in [1.82, 2.24) is 5.32 Å². The highest BCUT2D eigenvalue weighted by Gasteiger charge is 2.45. The average molecular weight is 229 g/mol. The van der Waals surface area contributed by atoms with Crippen LogP contribution in [-0.2, 0) is 14.3 Å². The summed E-state index contributed by atoms with van der Waals surface area (Å²) >= 11 is 0. The minimum Gasteiger partial charge on any atom is -0.468 e. The van der Waals surface area contributed by atoms with Gasteiger partial charge in [0, 0.05) is 13.0 Å². The van der Waals surface area contributed by atoms with Crippen LogP contribution in [0.2, 0.25) is 0 Å². The molecule has 0 aromatic rings. The van der Waals surface area contributed by atoms with Crippen LogP contribution in [0.4, 0.5) is 0 Å². The second-order valence-electron chi connectivity index (χ2n) is 4.92. The Morgan fingerprint density at radius 2 is 2.25 bits per heavy atom. The number of hydrogen-bond acceptors (Lipinski definition) is 4. The van der Waals surface area contributed by atoms with E-state index in [9.17, 15) is 4.79 Å². The van der Waals surface area contributed by atoms with Crippen molar-refractivity contribution in [2.24, 2.45) is 5.92 Å². The van der Waals surface area contributed by atoms with Gasteiger partial charge in [0.1, 0.15) is 5.54 Å². The third-order valence-electron chi connectivity index (χ3n) is 3.19. The molecule has 1 aliphatic rings. The van der Waals surface area contributed by atoms with Crippen molar-refractivity contribution in [3.05, 3.63) is 0 Å². The predicted octanol–water partition coefficient (Wildman–Crippen LogP) is 1.34. The van der Waals surface area contributed by atoms with E-state index in [1.54, 1.807) is 0 Å². The summed E-state index contributed by atoms with van der Waals surface area (Å²) in [4.78, 5) is 11.7. The maximum absolute atomic E-state index is 11.7. The highest BCUT2D eigenvalue weighted by molar-refractivity contribution is 5.81. The molecule has 0 amide bonds. The number of ether oxygens (including phenoxy) is 2. The molecule has 4 nitrogen and oxygen atoms in total. The van der Waals surface area contributed by atoms with Crippen LogP contribution in [0.15, 0.2) is 0 Å². The van der Waals surface area contributed by atoms with Gasteiger partial charge in [-0.1, -0.05) is 13.8 Å². The van der Waals surface area contributed by atoms with Crippen LogP contribution in [-0.4, -0.2) is 38.4 Å². The monoisotopic (exact) mass is 229 g/mol. The van der Waals surface area contributed by atoms with E-state index < -0.39 is 5.54 Å². The first-order valence-corrected chi connectivity index (χ1v) is 5.93. The van der Waals surface area contributed by atoms with E-state index in [2.05, 4.69) is 19.2 Å². The fraction of sp³-hybridized carbons (Fsp3) is 0.917. The number of rotatable bonds is 5. The highest BCUT2D eigenvalue weighted by atomic mass is 16.5. The molecule has 1 saturated carbocycles. The molecule has 94 valence electrons. The van der Waals surface area contributed by atoms with Crippen LogP contribution in [0.5, 0.6) is 0 Å². The van der Waals surface area contributed by atoms with Crippen molar-refractivity contribution in [1.29, 1.82) is 0 Å². The molecule has 0 radical (unpaired) electrons. The smallest absolute Gasteiger partial charge is 0.326 e. The Balaban J connectivity index is 2.51. The van der Waals surface area contributed by atoms with Crippen LogP contribution in [0.25, 0.3) is 0 Å². The van der Waals surface area contributed by atoms with Gasteiger partial charge >= 0.3 is 5.97 Å². The van der Waals surface area contributed by atoms with E-state index in [4.69, 9.17) is 9.47 Å². The Bertz CT molecular complexity index is 242. The zero-order valence-corrected chi connectivity index (χ0v) is 10.7. The van der Waals surface area contributed by atoms with Crippen molar-refractivity contribution in [2.75, 3.05) is 20.8 Å². The maximum atomic E-state index is 11.7. The van der Waals surface area contributed by atoms with Crippen molar-refractivity contribution >= 4 is 5.97 Å². The van der Waals surface area contributed by atoms with Crippen LogP contribution in [0.1, 0.15) is 33.1 Å². The molecule has 4 heteroatoms. The lowest BCUT2D eigenvalue weighted by atomic mass is 9.98. The third-order valence-corrected chi connectivity index (χ3v) is 3.19. The summed E-state index contributed by atoms with van der Waals surface area (Å²) in [5, 5.41) is 3.09. The standard InChI is InChI=1S/C12H23NO3/c1-9(2)8-16-10-5-6-12(7-10,13-3)11(14)15-4/h9-10,13H,5-8H2,1-4H3. The molecule has 0 bridgehead atoms. The minimum atomic E-state index is -0.531. The largest absolute Gasteiger partial charge is 0.468 e. The van der Waals surface area contributed by atoms with Crippen LogP contribution >= 0.6 is 0 Å². The van der Waals surface area contributed by atoms with Gasteiger partial charge in [-0.15, -0.1) is 0 Å². The Morgan fingerprint density at radius 3 is 2.75 bits per heavy atom. The van der Waals surface area contributed by atoms with Crippen LogP contribution in [0.3, 0.4) is 0 Å². The highest BCUT2D eigenvalue weighted by Crippen LogP contribution is 2.32. The lowest BCUT2D eigenvalue weighted by Crippen LogP contribution is -2.49. The van der Waals surface area contributed by atoms with Gasteiger partial charge in [-0.2, -0.15) is 0 Å². The minimum absolute atomic E-state index is 0.175. The lowest BCUT2D eigenvalue weighted by Gasteiger charge is -2.25. The Kier molecular flexibility index (Phi) is 4.74. The van der Waals surface area contributed by atoms with E-state index in [1.165, 1.54) is 7.11 Å². The van der Waals surface area contributed by atoms with Gasteiger partial charge in [-0.05, 0) is 25.8 Å². The van der Waals surface area contributed by atoms with E-state index in [-0.39, 0.29) is 12.1 Å². The Morgan fingerprint density at radius 1 is 1.56 bits per heavy atom. The molecule has 0 heterocycles. The van der Waals surface area contributed by atoms with Crippen molar-refractivity contribution in [2.45, 2.75) is 44.8 Å². The molecule has 0 spiro atoms. The molecule has 2 unspecified atom stereocenters. The topological polar surface area (TPSA) is 47.6 Å². The number of likely N-dealkylation sites (N-methyl/N-ethyl adjacent to an activating group) is 1. The normalized spacial score (nSPS) is 29.7. The SMILES string of the molecule is CNC1(C(=O)OC)CCC(OCC(C)C)C1. The summed E-state index contributed by atoms with van der Waals surface area (Å²) in [6.45, 7) is 5.01. The summed E-state index contributed by atoms with van der Waals surface area (Å²) in [7, 11) is 3.24. The summed E-state index contributed by atoms with van der Waals surface area (Å²) < 4.78 is 10.6. The van der Waals surface area contributed by atoms with Crippen LogP contribution < -0.4 is 5.32 Å². The fourth-order valence-corrected chi connectivity index (χ4v) is 2.18. The first kappa shape index (κ1) is 13.5. The molecule has 0 saturated heterocycles. The number of nitrogens with one attached hydrogen (secondary N) is 1. The number of carbonyl (C=O) groups is 1. The molecule has 16 heavy (non-hydrogen) atoms. The van der Waals surface area contributed by atoms with Gasteiger partial charge in [0.15, 0.2) is 0 Å². The number of carbonyl (C=O) groups excluding carboxylic acids is 1. The number of methoxy groups -OCH3 is 1. The molecule has 1 fully saturated rings. The quantitative estimate of drug-likeness (QED) is 0.723. The molecular formula is C12H23NO3. The van der Waals surface area contributed by atoms with Gasteiger partial charge in [-0.3, -0.25) is 4.79 Å². The average Bonchev–Trinajstić information content (AvgIpc) is 2.70. The molecule has 0 aromatic carbocycles. The molecule has 1 aliphatic carbocycles. The first-order valence-electron chi connectivity index (χ1n) is 5.93. The van der Waals surface area contributed by atoms with E-state index in [1.807, 2.05) is 7.05 Å². The molecule has 2 atom stereocenters. The van der Waals surface area contributed by atoms with E-state index in [0.717, 1.165) is 19.4 Å². The van der Waals surface area contributed by atoms with Gasteiger partial charge in [0.2, 0.25) is 0 Å². The molecular weight excluding hydrogens is 206 g/mol. The summed E-state index contributed by atoms with van der Waals surface area (Å²) in [6, 6.07) is 0. The van der Waals surface area contributed by atoms with Crippen molar-refractivity contribution < 1.29 is 14.3 Å². The van der Waals surface area contributed by atoms with Gasteiger partial charge in [0.25, 0.3) is 0 Å². The molecule has 0 aliphatic heterocycles. The number of hydrogen-bond donors (Lipinski definition) is 1. The number of esters is 1. The maximum Gasteiger partial charge on any atom is 0.326 e. The van der Waals surface area contributed by atoms with Gasteiger partial charge < -0.3 is 14.8 Å². The van der Waals surface area contributed by atoms with Crippen molar-refractivity contribution in [3.8, 4) is 0 Å². The van der Waals surface area contributed by atoms with Gasteiger partial charge in [-0.25, -0.2) is 0 Å². The predicted molar refractivity (Wildman–Crippen MR) is 62.2 cm³/mol. The third kappa shape index (κ3) is 2.95. The summed E-state index contributed by atoms with van der Waals surface area (Å²) in [6.07, 6.45) is 2.60. The zero-order chi connectivity index (χ0) is 12.2. The lowest BCUT2D eigenvalue weighted by molar-refractivity contribution is -0.148. The Labute approximate surface area is 97.7 Å². The molecule has 1 N–H and O–H groups in total.